The van der Waals surface area contributed by atoms with Crippen LogP contribution in [0, 0.1) is 5.92 Å². The number of allylic oxidation sites excluding steroid dienone is 2. The average molecular weight is 382 g/mol. The highest BCUT2D eigenvalue weighted by molar-refractivity contribution is 6.08. The number of ether oxygens (including phenoxy) is 2. The highest BCUT2D eigenvalue weighted by Crippen LogP contribution is 2.26. The molecule has 1 aromatic heterocycles. The number of pyridine rings is 1. The fourth-order valence-electron chi connectivity index (χ4n) is 3.13. The Labute approximate surface area is 168 Å². The zero-order valence-corrected chi connectivity index (χ0v) is 17.4. The van der Waals surface area contributed by atoms with Crippen LogP contribution >= 0.6 is 0 Å². The van der Waals surface area contributed by atoms with Crippen molar-refractivity contribution in [3.63, 3.8) is 0 Å². The van der Waals surface area contributed by atoms with Crippen LogP contribution in [0.1, 0.15) is 62.4 Å². The number of ketones is 1. The summed E-state index contributed by atoms with van der Waals surface area (Å²) in [6, 6.07) is 9.34. The number of Topliss-reactive ketones (excluding diaryl/α,β-unsaturated/α-hetero) is 1. The van der Waals surface area contributed by atoms with Crippen molar-refractivity contribution in [2.75, 3.05) is 7.11 Å². The smallest absolute Gasteiger partial charge is 0.189 e. The van der Waals surface area contributed by atoms with Gasteiger partial charge in [0.1, 0.15) is 6.61 Å². The summed E-state index contributed by atoms with van der Waals surface area (Å²) < 4.78 is 11.1. The number of hydrogen-bond donors (Lipinski definition) is 0. The lowest BCUT2D eigenvalue weighted by atomic mass is 9.98. The molecular formula is C24H31NO3. The van der Waals surface area contributed by atoms with Crippen LogP contribution in [0.2, 0.25) is 0 Å². The summed E-state index contributed by atoms with van der Waals surface area (Å²) in [4.78, 5) is 16.9. The van der Waals surface area contributed by atoms with Crippen LogP contribution in [0.3, 0.4) is 0 Å². The molecule has 4 heteroatoms. The van der Waals surface area contributed by atoms with Gasteiger partial charge in [-0.1, -0.05) is 44.9 Å². The van der Waals surface area contributed by atoms with Crippen LogP contribution in [0.4, 0.5) is 0 Å². The Morgan fingerprint density at radius 1 is 1.18 bits per heavy atom. The summed E-state index contributed by atoms with van der Waals surface area (Å²) in [6.07, 6.45) is 9.87. The van der Waals surface area contributed by atoms with E-state index in [1.807, 2.05) is 43.3 Å². The second-order valence-corrected chi connectivity index (χ2v) is 7.21. The van der Waals surface area contributed by atoms with E-state index >= 15 is 0 Å². The van der Waals surface area contributed by atoms with Crippen LogP contribution in [0.25, 0.3) is 0 Å². The van der Waals surface area contributed by atoms with E-state index < -0.39 is 0 Å². The molecule has 1 unspecified atom stereocenters. The summed E-state index contributed by atoms with van der Waals surface area (Å²) >= 11 is 0. The van der Waals surface area contributed by atoms with Crippen molar-refractivity contribution in [3.8, 4) is 11.5 Å². The summed E-state index contributed by atoms with van der Waals surface area (Å²) in [7, 11) is 1.61. The maximum atomic E-state index is 12.7. The van der Waals surface area contributed by atoms with Gasteiger partial charge in [0.2, 0.25) is 0 Å². The first kappa shape index (κ1) is 21.7. The SMILES string of the molecule is CCCC(C)CC/C=C(/C)C(=O)c1cncc(COc2ccccc2OC)c1. The lowest BCUT2D eigenvalue weighted by Gasteiger charge is -2.11. The van der Waals surface area contributed by atoms with E-state index in [1.165, 1.54) is 12.8 Å². The number of para-hydroxylation sites is 2. The largest absolute Gasteiger partial charge is 0.493 e. The Bertz CT molecular complexity index is 798. The second kappa shape index (κ2) is 11.3. The Morgan fingerprint density at radius 2 is 1.93 bits per heavy atom. The van der Waals surface area contributed by atoms with Gasteiger partial charge in [-0.05, 0) is 49.5 Å². The Hall–Kier alpha value is -2.62. The van der Waals surface area contributed by atoms with E-state index in [0.29, 0.717) is 29.6 Å². The number of aromatic nitrogens is 1. The molecule has 0 bridgehead atoms. The van der Waals surface area contributed by atoms with Crippen molar-refractivity contribution in [2.45, 2.75) is 53.1 Å². The number of carbonyl (C=O) groups is 1. The molecule has 28 heavy (non-hydrogen) atoms. The van der Waals surface area contributed by atoms with E-state index in [-0.39, 0.29) is 5.78 Å². The van der Waals surface area contributed by atoms with Crippen LogP contribution in [0.15, 0.2) is 54.4 Å². The van der Waals surface area contributed by atoms with E-state index in [4.69, 9.17) is 9.47 Å². The lowest BCUT2D eigenvalue weighted by molar-refractivity contribution is 0.103. The van der Waals surface area contributed by atoms with Crippen LogP contribution in [-0.4, -0.2) is 17.9 Å². The fraction of sp³-hybridized carbons (Fsp3) is 0.417. The average Bonchev–Trinajstić information content (AvgIpc) is 2.72. The Balaban J connectivity index is 1.98. The molecular weight excluding hydrogens is 350 g/mol. The molecule has 0 radical (unpaired) electrons. The fourth-order valence-corrected chi connectivity index (χ4v) is 3.13. The molecule has 1 aromatic carbocycles. The van der Waals surface area contributed by atoms with Gasteiger partial charge in [0.05, 0.1) is 7.11 Å². The molecule has 0 aliphatic carbocycles. The van der Waals surface area contributed by atoms with Gasteiger partial charge < -0.3 is 9.47 Å². The van der Waals surface area contributed by atoms with E-state index in [1.54, 1.807) is 19.5 Å². The third-order valence-corrected chi connectivity index (χ3v) is 4.77. The normalized spacial score (nSPS) is 12.5. The molecule has 2 rings (SSSR count). The number of methoxy groups -OCH3 is 1. The molecule has 0 aliphatic rings. The van der Waals surface area contributed by atoms with Gasteiger partial charge in [-0.2, -0.15) is 0 Å². The molecule has 1 heterocycles. The van der Waals surface area contributed by atoms with Crippen molar-refractivity contribution in [3.05, 3.63) is 65.5 Å². The number of hydrogen-bond acceptors (Lipinski definition) is 4. The number of nitrogens with zero attached hydrogens (tertiary/aromatic N) is 1. The predicted molar refractivity (Wildman–Crippen MR) is 113 cm³/mol. The monoisotopic (exact) mass is 381 g/mol. The Morgan fingerprint density at radius 3 is 2.64 bits per heavy atom. The number of rotatable bonds is 11. The van der Waals surface area contributed by atoms with E-state index in [2.05, 4.69) is 18.8 Å². The van der Waals surface area contributed by atoms with Crippen molar-refractivity contribution in [1.82, 2.24) is 4.98 Å². The third-order valence-electron chi connectivity index (χ3n) is 4.77. The minimum Gasteiger partial charge on any atom is -0.493 e. The number of benzene rings is 1. The van der Waals surface area contributed by atoms with Gasteiger partial charge in [-0.3, -0.25) is 9.78 Å². The summed E-state index contributed by atoms with van der Waals surface area (Å²) in [5.41, 5.74) is 2.21. The molecule has 1 atom stereocenters. The molecule has 4 nitrogen and oxygen atoms in total. The first-order valence-corrected chi connectivity index (χ1v) is 9.96. The standard InChI is InChI=1S/C24H31NO3/c1-5-9-18(2)10-8-11-19(3)24(26)21-14-20(15-25-16-21)17-28-23-13-7-6-12-22(23)27-4/h6-7,11-16,18H,5,8-10,17H2,1-4H3/b19-11-. The molecule has 0 amide bonds. The second-order valence-electron chi connectivity index (χ2n) is 7.21. The van der Waals surface area contributed by atoms with Crippen LogP contribution in [-0.2, 0) is 6.61 Å². The van der Waals surface area contributed by atoms with Gasteiger partial charge in [0, 0.05) is 23.5 Å². The highest BCUT2D eigenvalue weighted by atomic mass is 16.5. The highest BCUT2D eigenvalue weighted by Gasteiger charge is 2.11. The van der Waals surface area contributed by atoms with Crippen LogP contribution < -0.4 is 9.47 Å². The molecule has 0 N–H and O–H groups in total. The van der Waals surface area contributed by atoms with Gasteiger partial charge in [-0.25, -0.2) is 0 Å². The summed E-state index contributed by atoms with van der Waals surface area (Å²) in [5.74, 6) is 2.06. The van der Waals surface area contributed by atoms with Crippen molar-refractivity contribution in [1.29, 1.82) is 0 Å². The van der Waals surface area contributed by atoms with E-state index in [0.717, 1.165) is 24.0 Å². The van der Waals surface area contributed by atoms with Crippen molar-refractivity contribution >= 4 is 5.78 Å². The summed E-state index contributed by atoms with van der Waals surface area (Å²) in [6.45, 7) is 6.68. The molecule has 2 aromatic rings. The molecule has 0 aliphatic heterocycles. The zero-order valence-electron chi connectivity index (χ0n) is 17.4. The van der Waals surface area contributed by atoms with E-state index in [9.17, 15) is 4.79 Å². The van der Waals surface area contributed by atoms with Gasteiger partial charge >= 0.3 is 0 Å². The first-order valence-electron chi connectivity index (χ1n) is 9.96. The lowest BCUT2D eigenvalue weighted by Crippen LogP contribution is -2.05. The third kappa shape index (κ3) is 6.52. The summed E-state index contributed by atoms with van der Waals surface area (Å²) in [5, 5.41) is 0. The molecule has 0 fully saturated rings. The zero-order chi connectivity index (χ0) is 20.4. The van der Waals surface area contributed by atoms with Crippen molar-refractivity contribution < 1.29 is 14.3 Å². The molecule has 0 saturated carbocycles. The maximum absolute atomic E-state index is 12.7. The Kier molecular flexibility index (Phi) is 8.73. The van der Waals surface area contributed by atoms with Gasteiger partial charge in [0.25, 0.3) is 0 Å². The number of carbonyl (C=O) groups excluding carboxylic acids is 1. The van der Waals surface area contributed by atoms with Crippen LogP contribution in [0.5, 0.6) is 11.5 Å². The van der Waals surface area contributed by atoms with Gasteiger partial charge in [0.15, 0.2) is 17.3 Å². The van der Waals surface area contributed by atoms with Gasteiger partial charge in [-0.15, -0.1) is 0 Å². The minimum absolute atomic E-state index is 0.0230. The predicted octanol–water partition coefficient (Wildman–Crippen LogP) is 6.01. The first-order chi connectivity index (χ1) is 13.5. The maximum Gasteiger partial charge on any atom is 0.189 e. The molecule has 0 saturated heterocycles. The minimum atomic E-state index is 0.0230. The topological polar surface area (TPSA) is 48.4 Å². The quantitative estimate of drug-likeness (QED) is 0.353. The van der Waals surface area contributed by atoms with Crippen molar-refractivity contribution in [2.24, 2.45) is 5.92 Å². The molecule has 0 spiro atoms. The molecule has 150 valence electrons.